The molecule has 1 heterocycles. The van der Waals surface area contributed by atoms with Crippen LogP contribution in [0.5, 0.6) is 0 Å². The van der Waals surface area contributed by atoms with Crippen molar-refractivity contribution in [1.82, 2.24) is 9.80 Å². The molecule has 1 amide bonds. The van der Waals surface area contributed by atoms with Gasteiger partial charge >= 0.3 is 0 Å². The number of unbranched alkanes of at least 4 members (excludes halogenated alkanes) is 1. The average Bonchev–Trinajstić information content (AvgIpc) is 3.04. The lowest BCUT2D eigenvalue weighted by Gasteiger charge is -2.31. The Balaban J connectivity index is 1.76. The zero-order valence-corrected chi connectivity index (χ0v) is 15.0. The van der Waals surface area contributed by atoms with Gasteiger partial charge in [0, 0.05) is 25.0 Å². The van der Waals surface area contributed by atoms with Crippen molar-refractivity contribution < 1.29 is 4.79 Å². The Labute approximate surface area is 137 Å². The minimum Gasteiger partial charge on any atom is -0.341 e. The van der Waals surface area contributed by atoms with Crippen LogP contribution < -0.4 is 0 Å². The Morgan fingerprint density at radius 3 is 2.32 bits per heavy atom. The highest BCUT2D eigenvalue weighted by Gasteiger charge is 2.34. The van der Waals surface area contributed by atoms with E-state index < -0.39 is 0 Å². The topological polar surface area (TPSA) is 23.6 Å². The number of hydrogen-bond acceptors (Lipinski definition) is 2. The number of likely N-dealkylation sites (N-methyl/N-ethyl adjacent to an activating group) is 1. The Bertz CT molecular complexity index is 332. The van der Waals surface area contributed by atoms with Gasteiger partial charge in [-0.2, -0.15) is 0 Å². The van der Waals surface area contributed by atoms with Gasteiger partial charge in [-0.3, -0.25) is 9.69 Å². The van der Waals surface area contributed by atoms with Crippen molar-refractivity contribution in [2.24, 2.45) is 11.8 Å². The molecule has 0 spiro atoms. The molecule has 0 N–H and O–H groups in total. The van der Waals surface area contributed by atoms with Gasteiger partial charge in [-0.1, -0.05) is 40.0 Å². The summed E-state index contributed by atoms with van der Waals surface area (Å²) >= 11 is 0. The molecule has 1 saturated carbocycles. The molecule has 22 heavy (non-hydrogen) atoms. The van der Waals surface area contributed by atoms with E-state index in [4.69, 9.17) is 0 Å². The van der Waals surface area contributed by atoms with Gasteiger partial charge in [0.05, 0.1) is 0 Å². The van der Waals surface area contributed by atoms with Gasteiger partial charge in [0.15, 0.2) is 0 Å². The molecule has 1 aliphatic carbocycles. The molecule has 128 valence electrons. The van der Waals surface area contributed by atoms with Crippen LogP contribution in [0.2, 0.25) is 0 Å². The van der Waals surface area contributed by atoms with Gasteiger partial charge in [-0.05, 0) is 51.1 Å². The largest absolute Gasteiger partial charge is 0.341 e. The van der Waals surface area contributed by atoms with E-state index in [1.807, 2.05) is 0 Å². The molecule has 1 unspecified atom stereocenters. The Morgan fingerprint density at radius 1 is 1.05 bits per heavy atom. The summed E-state index contributed by atoms with van der Waals surface area (Å²) in [6, 6.07) is 0.597. The number of rotatable bonds is 7. The minimum absolute atomic E-state index is 0.327. The molecule has 0 aromatic heterocycles. The maximum absolute atomic E-state index is 12.8. The number of nitrogens with zero attached hydrogens (tertiary/aromatic N) is 2. The van der Waals surface area contributed by atoms with Crippen molar-refractivity contribution in [1.29, 1.82) is 0 Å². The summed E-state index contributed by atoms with van der Waals surface area (Å²) in [5.41, 5.74) is 0. The van der Waals surface area contributed by atoms with Gasteiger partial charge < -0.3 is 4.90 Å². The van der Waals surface area contributed by atoms with Gasteiger partial charge in [-0.15, -0.1) is 0 Å². The van der Waals surface area contributed by atoms with Crippen LogP contribution in [-0.4, -0.2) is 47.9 Å². The number of carbonyl (C=O) groups is 1. The van der Waals surface area contributed by atoms with Gasteiger partial charge in [0.1, 0.15) is 0 Å². The van der Waals surface area contributed by atoms with Crippen molar-refractivity contribution in [3.8, 4) is 0 Å². The second-order valence-electron chi connectivity index (χ2n) is 7.31. The molecule has 2 rings (SSSR count). The van der Waals surface area contributed by atoms with Crippen molar-refractivity contribution in [3.63, 3.8) is 0 Å². The first-order valence-corrected chi connectivity index (χ1v) is 9.72. The molecular weight excluding hydrogens is 272 g/mol. The highest BCUT2D eigenvalue weighted by atomic mass is 16.2. The van der Waals surface area contributed by atoms with Crippen LogP contribution in [0.25, 0.3) is 0 Å². The SMILES string of the molecule is CCCCC1CCC(C(=O)N2CCC(N(CC)CC)C2)CC1. The summed E-state index contributed by atoms with van der Waals surface area (Å²) in [7, 11) is 0. The van der Waals surface area contributed by atoms with Gasteiger partial charge in [-0.25, -0.2) is 0 Å². The molecule has 0 bridgehead atoms. The van der Waals surface area contributed by atoms with E-state index in [0.29, 0.717) is 17.9 Å². The Morgan fingerprint density at radius 2 is 1.73 bits per heavy atom. The second kappa shape index (κ2) is 8.90. The minimum atomic E-state index is 0.327. The molecule has 1 atom stereocenters. The summed E-state index contributed by atoms with van der Waals surface area (Å²) in [6.45, 7) is 10.9. The lowest BCUT2D eigenvalue weighted by Crippen LogP contribution is -2.41. The van der Waals surface area contributed by atoms with Crippen molar-refractivity contribution in [2.45, 2.75) is 78.2 Å². The van der Waals surface area contributed by atoms with E-state index >= 15 is 0 Å². The zero-order valence-electron chi connectivity index (χ0n) is 15.0. The van der Waals surface area contributed by atoms with E-state index in [1.54, 1.807) is 0 Å². The molecule has 0 radical (unpaired) electrons. The molecule has 2 fully saturated rings. The number of likely N-dealkylation sites (tertiary alicyclic amines) is 1. The van der Waals surface area contributed by atoms with E-state index in [9.17, 15) is 4.79 Å². The first-order valence-electron chi connectivity index (χ1n) is 9.72. The third kappa shape index (κ3) is 4.47. The van der Waals surface area contributed by atoms with Gasteiger partial charge in [0.2, 0.25) is 5.91 Å². The second-order valence-corrected chi connectivity index (χ2v) is 7.31. The monoisotopic (exact) mass is 308 g/mol. The lowest BCUT2D eigenvalue weighted by atomic mass is 9.79. The summed E-state index contributed by atoms with van der Waals surface area (Å²) in [5, 5.41) is 0. The van der Waals surface area contributed by atoms with Crippen molar-refractivity contribution in [3.05, 3.63) is 0 Å². The van der Waals surface area contributed by atoms with E-state index in [1.165, 1.54) is 38.5 Å². The molecule has 2 aliphatic rings. The lowest BCUT2D eigenvalue weighted by molar-refractivity contribution is -0.136. The van der Waals surface area contributed by atoms with Crippen LogP contribution in [0, 0.1) is 11.8 Å². The number of hydrogen-bond donors (Lipinski definition) is 0. The predicted molar refractivity (Wildman–Crippen MR) is 92.9 cm³/mol. The third-order valence-corrected chi connectivity index (χ3v) is 5.97. The summed E-state index contributed by atoms with van der Waals surface area (Å²) in [4.78, 5) is 17.4. The zero-order chi connectivity index (χ0) is 15.9. The maximum atomic E-state index is 12.8. The van der Waals surface area contributed by atoms with E-state index in [-0.39, 0.29) is 0 Å². The van der Waals surface area contributed by atoms with Crippen LogP contribution in [0.15, 0.2) is 0 Å². The van der Waals surface area contributed by atoms with Crippen LogP contribution in [0.1, 0.15) is 72.1 Å². The van der Waals surface area contributed by atoms with Crippen molar-refractivity contribution in [2.75, 3.05) is 26.2 Å². The number of carbonyl (C=O) groups excluding carboxylic acids is 1. The van der Waals surface area contributed by atoms with Crippen molar-refractivity contribution >= 4 is 5.91 Å². The molecule has 3 heteroatoms. The van der Waals surface area contributed by atoms with Crippen LogP contribution in [-0.2, 0) is 4.79 Å². The Kier molecular flexibility index (Phi) is 7.20. The third-order valence-electron chi connectivity index (χ3n) is 5.97. The van der Waals surface area contributed by atoms with Gasteiger partial charge in [0.25, 0.3) is 0 Å². The van der Waals surface area contributed by atoms with Crippen LogP contribution in [0.3, 0.4) is 0 Å². The molecular formula is C19H36N2O. The van der Waals surface area contributed by atoms with E-state index in [0.717, 1.165) is 44.9 Å². The smallest absolute Gasteiger partial charge is 0.225 e. The van der Waals surface area contributed by atoms with Crippen LogP contribution in [0.4, 0.5) is 0 Å². The standard InChI is InChI=1S/C19H36N2O/c1-4-7-8-16-9-11-17(12-10-16)19(22)21-14-13-18(15-21)20(5-2)6-3/h16-18H,4-15H2,1-3H3. The first-order chi connectivity index (χ1) is 10.7. The van der Waals surface area contributed by atoms with E-state index in [2.05, 4.69) is 30.6 Å². The average molecular weight is 309 g/mol. The quantitative estimate of drug-likeness (QED) is 0.711. The molecule has 0 aromatic rings. The first kappa shape index (κ1) is 17.8. The maximum Gasteiger partial charge on any atom is 0.225 e. The van der Waals surface area contributed by atoms with Crippen LogP contribution >= 0.6 is 0 Å². The fourth-order valence-electron chi connectivity index (χ4n) is 4.43. The molecule has 1 aliphatic heterocycles. The summed E-state index contributed by atoms with van der Waals surface area (Å²) in [6.07, 6.45) is 10.1. The summed E-state index contributed by atoms with van der Waals surface area (Å²) in [5.74, 6) is 1.68. The fourth-order valence-corrected chi connectivity index (χ4v) is 4.43. The normalized spacial score (nSPS) is 29.3. The highest BCUT2D eigenvalue weighted by molar-refractivity contribution is 5.79. The fraction of sp³-hybridized carbons (Fsp3) is 0.947. The Hall–Kier alpha value is -0.570. The number of amides is 1. The summed E-state index contributed by atoms with van der Waals surface area (Å²) < 4.78 is 0. The molecule has 1 saturated heterocycles. The highest BCUT2D eigenvalue weighted by Crippen LogP contribution is 2.33. The molecule has 0 aromatic carbocycles. The predicted octanol–water partition coefficient (Wildman–Crippen LogP) is 3.93. The molecule has 3 nitrogen and oxygen atoms in total.